The van der Waals surface area contributed by atoms with E-state index in [0.717, 1.165) is 36.9 Å². The van der Waals surface area contributed by atoms with Crippen molar-refractivity contribution in [1.29, 1.82) is 0 Å². The average Bonchev–Trinajstić information content (AvgIpc) is 3.31. The normalized spacial score (nSPS) is 16.4. The van der Waals surface area contributed by atoms with Crippen LogP contribution in [0.1, 0.15) is 60.6 Å². The lowest BCUT2D eigenvalue weighted by molar-refractivity contribution is 0.422. The van der Waals surface area contributed by atoms with E-state index in [1.807, 2.05) is 12.1 Å². The molecular formula is C26H29N6. The number of pyridine rings is 1. The van der Waals surface area contributed by atoms with E-state index in [2.05, 4.69) is 80.3 Å². The number of nitrogen functional groups attached to an aromatic ring is 1. The van der Waals surface area contributed by atoms with Crippen LogP contribution in [0.4, 0.5) is 5.82 Å². The molecule has 1 atom stereocenters. The predicted octanol–water partition coefficient (Wildman–Crippen LogP) is 4.94. The molecule has 2 heterocycles. The lowest BCUT2D eigenvalue weighted by Crippen LogP contribution is -2.27. The maximum absolute atomic E-state index is 6.10. The maximum Gasteiger partial charge on any atom is 0.178 e. The Hall–Kier alpha value is -3.25. The third kappa shape index (κ3) is 4.50. The number of benzene rings is 2. The summed E-state index contributed by atoms with van der Waals surface area (Å²) in [5.41, 5.74) is 11.3. The molecule has 163 valence electrons. The molecule has 4 aromatic rings. The van der Waals surface area contributed by atoms with Crippen LogP contribution in [0.2, 0.25) is 0 Å². The van der Waals surface area contributed by atoms with E-state index in [4.69, 9.17) is 5.73 Å². The summed E-state index contributed by atoms with van der Waals surface area (Å²) in [6.07, 6.45) is 5.67. The van der Waals surface area contributed by atoms with Gasteiger partial charge in [-0.15, -0.1) is 5.10 Å². The molecule has 5 rings (SSSR count). The second-order valence-corrected chi connectivity index (χ2v) is 8.61. The van der Waals surface area contributed by atoms with Crippen molar-refractivity contribution in [3.05, 3.63) is 89.5 Å². The number of nitrogens with two attached hydrogens (primary N) is 1. The molecule has 2 aromatic heterocycles. The predicted molar refractivity (Wildman–Crippen MR) is 128 cm³/mol. The van der Waals surface area contributed by atoms with Crippen LogP contribution in [0.5, 0.6) is 0 Å². The van der Waals surface area contributed by atoms with Crippen LogP contribution in [0, 0.1) is 6.04 Å². The molecule has 32 heavy (non-hydrogen) atoms. The summed E-state index contributed by atoms with van der Waals surface area (Å²) in [4.78, 5) is 4.34. The van der Waals surface area contributed by atoms with E-state index in [0.29, 0.717) is 17.4 Å². The number of hydrogen-bond acceptors (Lipinski definition) is 5. The lowest BCUT2D eigenvalue weighted by Gasteiger charge is -2.29. The molecule has 0 saturated heterocycles. The highest BCUT2D eigenvalue weighted by Crippen LogP contribution is 2.36. The van der Waals surface area contributed by atoms with Crippen molar-refractivity contribution in [1.82, 2.24) is 25.7 Å². The van der Waals surface area contributed by atoms with Gasteiger partial charge < -0.3 is 11.1 Å². The Labute approximate surface area is 188 Å². The Morgan fingerprint density at radius 2 is 1.72 bits per heavy atom. The Bertz CT molecular complexity index is 1130. The van der Waals surface area contributed by atoms with Crippen LogP contribution >= 0.6 is 0 Å². The van der Waals surface area contributed by atoms with Gasteiger partial charge in [-0.2, -0.15) is 0 Å². The van der Waals surface area contributed by atoms with Gasteiger partial charge in [0.25, 0.3) is 0 Å². The van der Waals surface area contributed by atoms with Crippen LogP contribution in [0.25, 0.3) is 11.2 Å². The molecule has 6 heteroatoms. The fraction of sp³-hybridized carbons (Fsp3) is 0.308. The molecule has 6 nitrogen and oxygen atoms in total. The van der Waals surface area contributed by atoms with Gasteiger partial charge in [-0.3, -0.25) is 0 Å². The van der Waals surface area contributed by atoms with E-state index in [-0.39, 0.29) is 5.92 Å². The van der Waals surface area contributed by atoms with Gasteiger partial charge in [0.1, 0.15) is 11.3 Å². The number of hydrogen-bond donors (Lipinski definition) is 3. The highest BCUT2D eigenvalue weighted by Gasteiger charge is 2.24. The third-order valence-electron chi connectivity index (χ3n) is 6.59. The van der Waals surface area contributed by atoms with Gasteiger partial charge in [-0.25, -0.2) is 10.1 Å². The third-order valence-corrected chi connectivity index (χ3v) is 6.59. The smallest absolute Gasteiger partial charge is 0.178 e. The number of nitrogens with one attached hydrogen (secondary N) is 2. The molecule has 0 spiro atoms. The molecule has 1 radical (unpaired) electrons. The van der Waals surface area contributed by atoms with Gasteiger partial charge in [0.15, 0.2) is 5.65 Å². The number of nitrogens with zero attached hydrogens (tertiary/aromatic N) is 3. The minimum atomic E-state index is 0.169. The lowest BCUT2D eigenvalue weighted by atomic mass is 9.81. The number of rotatable bonds is 7. The molecule has 1 aliphatic carbocycles. The SMILES string of the molecule is Nc1cc(C(CCN[C]2CCC(c3ccccc3)CC2)c2ccccc2)c2nn[nH]c2n1. The molecule has 0 amide bonds. The van der Waals surface area contributed by atoms with Crippen molar-refractivity contribution in [2.24, 2.45) is 0 Å². The monoisotopic (exact) mass is 425 g/mol. The second-order valence-electron chi connectivity index (χ2n) is 8.61. The minimum Gasteiger partial charge on any atom is -0.384 e. The molecule has 0 bridgehead atoms. The van der Waals surface area contributed by atoms with E-state index >= 15 is 0 Å². The van der Waals surface area contributed by atoms with Crippen molar-refractivity contribution in [2.45, 2.75) is 43.9 Å². The largest absolute Gasteiger partial charge is 0.384 e. The van der Waals surface area contributed by atoms with Crippen molar-refractivity contribution < 1.29 is 0 Å². The zero-order valence-electron chi connectivity index (χ0n) is 18.2. The zero-order valence-corrected chi connectivity index (χ0v) is 18.2. The van der Waals surface area contributed by atoms with Crippen LogP contribution in [0.15, 0.2) is 66.7 Å². The van der Waals surface area contributed by atoms with Crippen LogP contribution in [0.3, 0.4) is 0 Å². The van der Waals surface area contributed by atoms with Gasteiger partial charge in [0, 0.05) is 12.0 Å². The summed E-state index contributed by atoms with van der Waals surface area (Å²) in [6, 6.07) is 24.9. The molecule has 1 fully saturated rings. The van der Waals surface area contributed by atoms with Gasteiger partial charge >= 0.3 is 0 Å². The fourth-order valence-corrected chi connectivity index (χ4v) is 4.93. The summed E-state index contributed by atoms with van der Waals surface area (Å²) in [5.74, 6) is 1.34. The standard InChI is InChI=1S/C26H29N6/c27-24-17-23(25-26(29-24)31-32-30-25)22(20-9-5-2-6-10-20)15-16-28-21-13-11-19(12-14-21)18-7-3-1-4-8-18/h1-10,17,19,22,28H,11-16H2,(H3,27,29,30,31,32). The van der Waals surface area contributed by atoms with Crippen LogP contribution in [-0.2, 0) is 0 Å². The quantitative estimate of drug-likeness (QED) is 0.390. The van der Waals surface area contributed by atoms with Crippen molar-refractivity contribution in [3.63, 3.8) is 0 Å². The number of aromatic amines is 1. The molecule has 1 unspecified atom stereocenters. The first kappa shape index (κ1) is 20.6. The van der Waals surface area contributed by atoms with Crippen molar-refractivity contribution in [3.8, 4) is 0 Å². The summed E-state index contributed by atoms with van der Waals surface area (Å²) in [7, 11) is 0. The van der Waals surface area contributed by atoms with E-state index in [9.17, 15) is 0 Å². The average molecular weight is 426 g/mol. The van der Waals surface area contributed by atoms with Gasteiger partial charge in [0.2, 0.25) is 0 Å². The topological polar surface area (TPSA) is 92.5 Å². The number of H-pyrrole nitrogens is 1. The Morgan fingerprint density at radius 1 is 1.00 bits per heavy atom. The number of fused-ring (bicyclic) bond motifs is 1. The molecule has 0 aliphatic heterocycles. The molecule has 1 aliphatic rings. The van der Waals surface area contributed by atoms with Crippen LogP contribution < -0.4 is 11.1 Å². The Morgan fingerprint density at radius 3 is 2.47 bits per heavy atom. The summed E-state index contributed by atoms with van der Waals surface area (Å²) in [6.45, 7) is 0.909. The van der Waals surface area contributed by atoms with Gasteiger partial charge in [-0.05, 0) is 67.3 Å². The van der Waals surface area contributed by atoms with Crippen molar-refractivity contribution >= 4 is 17.0 Å². The first-order valence-corrected chi connectivity index (χ1v) is 11.4. The maximum atomic E-state index is 6.10. The summed E-state index contributed by atoms with van der Waals surface area (Å²) < 4.78 is 0. The van der Waals surface area contributed by atoms with E-state index in [1.165, 1.54) is 30.0 Å². The van der Waals surface area contributed by atoms with Crippen molar-refractivity contribution in [2.75, 3.05) is 12.3 Å². The van der Waals surface area contributed by atoms with E-state index in [1.54, 1.807) is 0 Å². The summed E-state index contributed by atoms with van der Waals surface area (Å²) in [5, 5.41) is 14.9. The second kappa shape index (κ2) is 9.49. The molecular weight excluding hydrogens is 396 g/mol. The summed E-state index contributed by atoms with van der Waals surface area (Å²) >= 11 is 0. The van der Waals surface area contributed by atoms with Gasteiger partial charge in [0.05, 0.1) is 0 Å². The zero-order chi connectivity index (χ0) is 21.8. The van der Waals surface area contributed by atoms with Crippen LogP contribution in [-0.4, -0.2) is 26.9 Å². The first-order chi connectivity index (χ1) is 15.8. The Balaban J connectivity index is 1.26. The number of anilines is 1. The molecule has 2 aromatic carbocycles. The van der Waals surface area contributed by atoms with E-state index < -0.39 is 0 Å². The molecule has 4 N–H and O–H groups in total. The highest BCUT2D eigenvalue weighted by molar-refractivity contribution is 5.77. The Kier molecular flexibility index (Phi) is 6.12. The minimum absolute atomic E-state index is 0.169. The first-order valence-electron chi connectivity index (χ1n) is 11.4. The number of aromatic nitrogens is 4. The molecule has 1 saturated carbocycles. The fourth-order valence-electron chi connectivity index (χ4n) is 4.93. The van der Waals surface area contributed by atoms with Gasteiger partial charge in [-0.1, -0.05) is 65.9 Å². The highest BCUT2D eigenvalue weighted by atomic mass is 15.3.